The summed E-state index contributed by atoms with van der Waals surface area (Å²) < 4.78 is 19.0. The van der Waals surface area contributed by atoms with Crippen LogP contribution in [0, 0.1) is 5.82 Å². The van der Waals surface area contributed by atoms with Crippen LogP contribution in [0.3, 0.4) is 0 Å². The Morgan fingerprint density at radius 1 is 1.14 bits per heavy atom. The molecular weight excluding hydrogens is 324 g/mol. The summed E-state index contributed by atoms with van der Waals surface area (Å²) in [6, 6.07) is 9.10. The average molecular weight is 344 g/mol. The molecule has 0 bridgehead atoms. The Kier molecular flexibility index (Phi) is 6.30. The summed E-state index contributed by atoms with van der Waals surface area (Å²) in [4.78, 5) is 0. The van der Waals surface area contributed by atoms with Crippen molar-refractivity contribution in [3.05, 3.63) is 46.9 Å². The first kappa shape index (κ1) is 17.3. The quantitative estimate of drug-likeness (QED) is 0.783. The molecule has 0 saturated heterocycles. The maximum absolute atomic E-state index is 13.2. The van der Waals surface area contributed by atoms with Gasteiger partial charge in [-0.05, 0) is 43.2 Å². The van der Waals surface area contributed by atoms with Gasteiger partial charge in [-0.25, -0.2) is 4.39 Å². The first-order valence-corrected chi connectivity index (χ1v) is 7.88. The Hall–Kier alpha value is -1.03. The van der Waals surface area contributed by atoms with E-state index in [-0.39, 0.29) is 17.4 Å². The molecule has 0 radical (unpaired) electrons. The SMILES string of the molecule is Cl.Fc1ccc(-c2ccc(CNC3CCCCC3)o2)cc1Cl. The summed E-state index contributed by atoms with van der Waals surface area (Å²) in [6.07, 6.45) is 6.49. The molecular formula is C17H20Cl2FNO. The van der Waals surface area contributed by atoms with Crippen LogP contribution >= 0.6 is 24.0 Å². The Morgan fingerprint density at radius 3 is 2.64 bits per heavy atom. The largest absolute Gasteiger partial charge is 0.460 e. The van der Waals surface area contributed by atoms with Crippen LogP contribution in [0.4, 0.5) is 4.39 Å². The summed E-state index contributed by atoms with van der Waals surface area (Å²) in [5.41, 5.74) is 0.797. The third-order valence-corrected chi connectivity index (χ3v) is 4.33. The molecule has 0 unspecified atom stereocenters. The van der Waals surface area contributed by atoms with Crippen molar-refractivity contribution in [1.82, 2.24) is 5.32 Å². The van der Waals surface area contributed by atoms with Crippen molar-refractivity contribution in [2.45, 2.75) is 44.7 Å². The number of nitrogens with one attached hydrogen (secondary N) is 1. The standard InChI is InChI=1S/C17H19ClFNO.ClH/c18-15-10-12(6-8-16(15)19)17-9-7-14(21-17)11-20-13-4-2-1-3-5-13;/h6-10,13,20H,1-5,11H2;1H. The van der Waals surface area contributed by atoms with Crippen molar-refractivity contribution in [3.63, 3.8) is 0 Å². The van der Waals surface area contributed by atoms with Gasteiger partial charge < -0.3 is 9.73 Å². The third-order valence-electron chi connectivity index (χ3n) is 4.04. The first-order valence-electron chi connectivity index (χ1n) is 7.50. The Labute approximate surface area is 141 Å². The highest BCUT2D eigenvalue weighted by Crippen LogP contribution is 2.27. The molecule has 1 fully saturated rings. The molecule has 0 atom stereocenters. The molecule has 1 aliphatic carbocycles. The molecule has 1 aromatic carbocycles. The van der Waals surface area contributed by atoms with E-state index in [1.54, 1.807) is 12.1 Å². The number of benzene rings is 1. The fraction of sp³-hybridized carbons (Fsp3) is 0.412. The van der Waals surface area contributed by atoms with Crippen LogP contribution in [0.15, 0.2) is 34.7 Å². The Bertz CT molecular complexity index is 608. The van der Waals surface area contributed by atoms with Crippen LogP contribution in [0.25, 0.3) is 11.3 Å². The van der Waals surface area contributed by atoms with Gasteiger partial charge in [-0.2, -0.15) is 0 Å². The van der Waals surface area contributed by atoms with E-state index in [1.807, 2.05) is 12.1 Å². The van der Waals surface area contributed by atoms with Crippen molar-refractivity contribution >= 4 is 24.0 Å². The summed E-state index contributed by atoms with van der Waals surface area (Å²) >= 11 is 5.80. The minimum absolute atomic E-state index is 0. The molecule has 1 aromatic heterocycles. The number of furan rings is 1. The molecule has 0 spiro atoms. The van der Waals surface area contributed by atoms with Gasteiger partial charge in [0.05, 0.1) is 11.6 Å². The zero-order valence-electron chi connectivity index (χ0n) is 12.3. The van der Waals surface area contributed by atoms with Crippen molar-refractivity contribution in [3.8, 4) is 11.3 Å². The molecule has 0 amide bonds. The van der Waals surface area contributed by atoms with E-state index in [2.05, 4.69) is 5.32 Å². The lowest BCUT2D eigenvalue weighted by molar-refractivity contribution is 0.358. The van der Waals surface area contributed by atoms with Crippen LogP contribution < -0.4 is 5.32 Å². The van der Waals surface area contributed by atoms with E-state index >= 15 is 0 Å². The lowest BCUT2D eigenvalue weighted by Gasteiger charge is -2.22. The molecule has 2 nitrogen and oxygen atoms in total. The van der Waals surface area contributed by atoms with Gasteiger partial charge in [0, 0.05) is 11.6 Å². The average Bonchev–Trinajstić information content (AvgIpc) is 2.98. The van der Waals surface area contributed by atoms with E-state index in [4.69, 9.17) is 16.0 Å². The van der Waals surface area contributed by atoms with Gasteiger partial charge >= 0.3 is 0 Å². The number of hydrogen-bond acceptors (Lipinski definition) is 2. The maximum Gasteiger partial charge on any atom is 0.141 e. The van der Waals surface area contributed by atoms with Crippen molar-refractivity contribution in [2.24, 2.45) is 0 Å². The van der Waals surface area contributed by atoms with Crippen LogP contribution in [0.2, 0.25) is 5.02 Å². The molecule has 1 N–H and O–H groups in total. The van der Waals surface area contributed by atoms with Gasteiger partial charge in [-0.1, -0.05) is 30.9 Å². The van der Waals surface area contributed by atoms with Gasteiger partial charge in [-0.15, -0.1) is 12.4 Å². The summed E-state index contributed by atoms with van der Waals surface area (Å²) in [6.45, 7) is 0.736. The maximum atomic E-state index is 13.2. The minimum atomic E-state index is -0.411. The zero-order chi connectivity index (χ0) is 14.7. The lowest BCUT2D eigenvalue weighted by Crippen LogP contribution is -2.30. The number of halogens is 3. The van der Waals surface area contributed by atoms with Gasteiger partial charge in [0.1, 0.15) is 17.3 Å². The first-order chi connectivity index (χ1) is 10.2. The van der Waals surface area contributed by atoms with Gasteiger partial charge in [0.15, 0.2) is 0 Å². The van der Waals surface area contributed by atoms with E-state index in [0.717, 1.165) is 23.6 Å². The number of rotatable bonds is 4. The highest BCUT2D eigenvalue weighted by molar-refractivity contribution is 6.31. The third kappa shape index (κ3) is 4.25. The second-order valence-electron chi connectivity index (χ2n) is 5.61. The van der Waals surface area contributed by atoms with Crippen molar-refractivity contribution in [1.29, 1.82) is 0 Å². The predicted octanol–water partition coefficient (Wildman–Crippen LogP) is 5.58. The second-order valence-corrected chi connectivity index (χ2v) is 6.02. The van der Waals surface area contributed by atoms with Gasteiger partial charge in [-0.3, -0.25) is 0 Å². The summed E-state index contributed by atoms with van der Waals surface area (Å²) in [5, 5.41) is 3.66. The molecule has 1 heterocycles. The fourth-order valence-electron chi connectivity index (χ4n) is 2.83. The number of hydrogen-bond donors (Lipinski definition) is 1. The highest BCUT2D eigenvalue weighted by Gasteiger charge is 2.13. The smallest absolute Gasteiger partial charge is 0.141 e. The normalized spacial score (nSPS) is 15.5. The zero-order valence-corrected chi connectivity index (χ0v) is 13.9. The molecule has 1 aliphatic rings. The summed E-state index contributed by atoms with van der Waals surface area (Å²) in [7, 11) is 0. The summed E-state index contributed by atoms with van der Waals surface area (Å²) in [5.74, 6) is 1.21. The van der Waals surface area contributed by atoms with Crippen LogP contribution in [-0.2, 0) is 6.54 Å². The monoisotopic (exact) mass is 343 g/mol. The molecule has 22 heavy (non-hydrogen) atoms. The van der Waals surface area contributed by atoms with Crippen molar-refractivity contribution in [2.75, 3.05) is 0 Å². The highest BCUT2D eigenvalue weighted by atomic mass is 35.5. The predicted molar refractivity (Wildman–Crippen MR) is 90.1 cm³/mol. The minimum Gasteiger partial charge on any atom is -0.460 e. The fourth-order valence-corrected chi connectivity index (χ4v) is 3.01. The second kappa shape index (κ2) is 8.00. The van der Waals surface area contributed by atoms with E-state index in [1.165, 1.54) is 38.2 Å². The Balaban J connectivity index is 0.00000176. The van der Waals surface area contributed by atoms with Gasteiger partial charge in [0.2, 0.25) is 0 Å². The molecule has 3 rings (SSSR count). The van der Waals surface area contributed by atoms with E-state index in [0.29, 0.717) is 6.04 Å². The topological polar surface area (TPSA) is 25.2 Å². The molecule has 120 valence electrons. The van der Waals surface area contributed by atoms with Crippen LogP contribution in [0.1, 0.15) is 37.9 Å². The van der Waals surface area contributed by atoms with Crippen molar-refractivity contribution < 1.29 is 8.81 Å². The van der Waals surface area contributed by atoms with Crippen LogP contribution in [-0.4, -0.2) is 6.04 Å². The van der Waals surface area contributed by atoms with E-state index in [9.17, 15) is 4.39 Å². The molecule has 5 heteroatoms. The van der Waals surface area contributed by atoms with Crippen LogP contribution in [0.5, 0.6) is 0 Å². The Morgan fingerprint density at radius 2 is 1.91 bits per heavy atom. The van der Waals surface area contributed by atoms with E-state index < -0.39 is 5.82 Å². The van der Waals surface area contributed by atoms with Gasteiger partial charge in [0.25, 0.3) is 0 Å². The molecule has 2 aromatic rings. The molecule has 0 aliphatic heterocycles. The lowest BCUT2D eigenvalue weighted by atomic mass is 9.95. The molecule has 1 saturated carbocycles.